The van der Waals surface area contributed by atoms with Gasteiger partial charge >= 0.3 is 0 Å². The maximum absolute atomic E-state index is 3.83. The van der Waals surface area contributed by atoms with Crippen LogP contribution < -0.4 is 5.32 Å². The molecule has 1 rings (SSSR count). The summed E-state index contributed by atoms with van der Waals surface area (Å²) in [5.74, 6) is 2.56. The second-order valence-electron chi connectivity index (χ2n) is 7.36. The van der Waals surface area contributed by atoms with Crippen molar-refractivity contribution in [1.29, 1.82) is 0 Å². The van der Waals surface area contributed by atoms with Gasteiger partial charge in [0.1, 0.15) is 0 Å². The Morgan fingerprint density at radius 2 is 1.85 bits per heavy atom. The Labute approximate surface area is 127 Å². The van der Waals surface area contributed by atoms with Crippen LogP contribution in [-0.4, -0.2) is 37.1 Å². The highest BCUT2D eigenvalue weighted by molar-refractivity contribution is 4.89. The molecule has 2 heteroatoms. The van der Waals surface area contributed by atoms with Crippen molar-refractivity contribution in [3.8, 4) is 0 Å². The summed E-state index contributed by atoms with van der Waals surface area (Å²) in [5, 5.41) is 3.83. The van der Waals surface area contributed by atoms with Crippen LogP contribution in [0.2, 0.25) is 0 Å². The lowest BCUT2D eigenvalue weighted by atomic mass is 9.72. The van der Waals surface area contributed by atoms with E-state index in [0.29, 0.717) is 0 Å². The first-order valence-corrected chi connectivity index (χ1v) is 8.93. The third-order valence-corrected chi connectivity index (χ3v) is 5.29. The predicted octanol–water partition coefficient (Wildman–Crippen LogP) is 4.16. The van der Waals surface area contributed by atoms with Crippen LogP contribution >= 0.6 is 0 Å². The molecule has 120 valence electrons. The molecule has 0 aromatic heterocycles. The summed E-state index contributed by atoms with van der Waals surface area (Å²) in [4.78, 5) is 2.60. The van der Waals surface area contributed by atoms with Crippen LogP contribution in [0.15, 0.2) is 0 Å². The maximum atomic E-state index is 3.83. The minimum Gasteiger partial charge on any atom is -0.314 e. The van der Waals surface area contributed by atoms with Gasteiger partial charge in [0.25, 0.3) is 0 Å². The number of hydrogen-bond acceptors (Lipinski definition) is 2. The minimum atomic E-state index is 0.721. The Hall–Kier alpha value is -0.0800. The van der Waals surface area contributed by atoms with E-state index in [-0.39, 0.29) is 0 Å². The van der Waals surface area contributed by atoms with Gasteiger partial charge in [0.15, 0.2) is 0 Å². The van der Waals surface area contributed by atoms with Crippen LogP contribution in [0.5, 0.6) is 0 Å². The Morgan fingerprint density at radius 3 is 2.45 bits per heavy atom. The van der Waals surface area contributed by atoms with E-state index in [0.717, 1.165) is 29.8 Å². The number of hydrogen-bond donors (Lipinski definition) is 1. The second kappa shape index (κ2) is 9.04. The molecule has 1 fully saturated rings. The lowest BCUT2D eigenvalue weighted by Crippen LogP contribution is -2.49. The van der Waals surface area contributed by atoms with Gasteiger partial charge in [-0.15, -0.1) is 0 Å². The lowest BCUT2D eigenvalue weighted by Gasteiger charge is -2.43. The molecule has 0 aromatic rings. The Morgan fingerprint density at radius 1 is 1.15 bits per heavy atom. The molecule has 0 aromatic carbocycles. The van der Waals surface area contributed by atoms with Gasteiger partial charge in [0.05, 0.1) is 0 Å². The fraction of sp³-hybridized carbons (Fsp3) is 1.00. The molecule has 2 nitrogen and oxygen atoms in total. The molecule has 1 aliphatic rings. The second-order valence-corrected chi connectivity index (χ2v) is 7.36. The Bertz CT molecular complexity index is 254. The molecular formula is C18H38N2. The summed E-state index contributed by atoms with van der Waals surface area (Å²) in [6.45, 7) is 14.3. The highest BCUT2D eigenvalue weighted by Crippen LogP contribution is 2.34. The van der Waals surface area contributed by atoms with Crippen molar-refractivity contribution in [2.24, 2.45) is 17.8 Å². The lowest BCUT2D eigenvalue weighted by molar-refractivity contribution is 0.0952. The molecule has 0 saturated heterocycles. The first kappa shape index (κ1) is 18.0. The van der Waals surface area contributed by atoms with Crippen LogP contribution in [0, 0.1) is 17.8 Å². The van der Waals surface area contributed by atoms with Crippen LogP contribution in [0.1, 0.15) is 66.7 Å². The predicted molar refractivity (Wildman–Crippen MR) is 90.1 cm³/mol. The molecule has 0 bridgehead atoms. The third-order valence-electron chi connectivity index (χ3n) is 5.29. The summed E-state index contributed by atoms with van der Waals surface area (Å²) in [6.07, 6.45) is 6.63. The fourth-order valence-electron chi connectivity index (χ4n) is 3.93. The van der Waals surface area contributed by atoms with E-state index in [1.165, 1.54) is 45.2 Å². The van der Waals surface area contributed by atoms with E-state index in [2.05, 4.69) is 51.9 Å². The van der Waals surface area contributed by atoms with Crippen LogP contribution in [0.4, 0.5) is 0 Å². The van der Waals surface area contributed by atoms with Gasteiger partial charge in [-0.05, 0) is 64.0 Å². The highest BCUT2D eigenvalue weighted by Gasteiger charge is 2.34. The molecule has 1 N–H and O–H groups in total. The minimum absolute atomic E-state index is 0.721. The monoisotopic (exact) mass is 282 g/mol. The van der Waals surface area contributed by atoms with Gasteiger partial charge in [-0.2, -0.15) is 0 Å². The molecule has 0 aliphatic heterocycles. The molecule has 5 unspecified atom stereocenters. The van der Waals surface area contributed by atoms with E-state index in [4.69, 9.17) is 0 Å². The first-order chi connectivity index (χ1) is 9.49. The van der Waals surface area contributed by atoms with Gasteiger partial charge < -0.3 is 10.2 Å². The number of nitrogens with one attached hydrogen (secondary N) is 1. The zero-order chi connectivity index (χ0) is 15.1. The zero-order valence-electron chi connectivity index (χ0n) is 14.8. The van der Waals surface area contributed by atoms with Gasteiger partial charge in [0, 0.05) is 18.6 Å². The zero-order valence-corrected chi connectivity index (χ0v) is 14.8. The molecule has 0 radical (unpaired) electrons. The first-order valence-electron chi connectivity index (χ1n) is 8.93. The van der Waals surface area contributed by atoms with Gasteiger partial charge in [-0.1, -0.05) is 34.1 Å². The van der Waals surface area contributed by atoms with Crippen molar-refractivity contribution >= 4 is 0 Å². The molecule has 5 atom stereocenters. The largest absolute Gasteiger partial charge is 0.314 e. The molecule has 0 spiro atoms. The molecular weight excluding hydrogens is 244 g/mol. The van der Waals surface area contributed by atoms with Crippen LogP contribution in [-0.2, 0) is 0 Å². The average Bonchev–Trinajstić information content (AvgIpc) is 2.39. The van der Waals surface area contributed by atoms with Crippen molar-refractivity contribution in [1.82, 2.24) is 10.2 Å². The summed E-state index contributed by atoms with van der Waals surface area (Å²) in [7, 11) is 2.32. The quantitative estimate of drug-likeness (QED) is 0.719. The molecule has 20 heavy (non-hydrogen) atoms. The summed E-state index contributed by atoms with van der Waals surface area (Å²) >= 11 is 0. The average molecular weight is 283 g/mol. The molecule has 1 aliphatic carbocycles. The van der Waals surface area contributed by atoms with Crippen molar-refractivity contribution in [2.75, 3.05) is 20.1 Å². The van der Waals surface area contributed by atoms with E-state index in [9.17, 15) is 0 Å². The highest BCUT2D eigenvalue weighted by atomic mass is 15.1. The number of rotatable bonds is 8. The van der Waals surface area contributed by atoms with E-state index in [1.807, 2.05) is 0 Å². The van der Waals surface area contributed by atoms with E-state index in [1.54, 1.807) is 0 Å². The Balaban J connectivity index is 2.60. The van der Waals surface area contributed by atoms with Gasteiger partial charge in [-0.3, -0.25) is 0 Å². The maximum Gasteiger partial charge on any atom is 0.0113 e. The molecule has 1 saturated carbocycles. The van der Waals surface area contributed by atoms with Gasteiger partial charge in [0.2, 0.25) is 0 Å². The smallest absolute Gasteiger partial charge is 0.0113 e. The summed E-state index contributed by atoms with van der Waals surface area (Å²) in [6, 6.07) is 1.45. The van der Waals surface area contributed by atoms with Crippen molar-refractivity contribution in [3.63, 3.8) is 0 Å². The third kappa shape index (κ3) is 5.37. The Kier molecular flexibility index (Phi) is 8.13. The fourth-order valence-corrected chi connectivity index (χ4v) is 3.93. The number of nitrogens with zero attached hydrogens (tertiary/aromatic N) is 1. The standard InChI is InChI=1S/C18H38N2/c1-7-9-16(5)20(6)13-17-15(4)11-14(3)12-18(17)19-10-8-2/h14-19H,7-13H2,1-6H3. The van der Waals surface area contributed by atoms with Crippen molar-refractivity contribution < 1.29 is 0 Å². The molecule has 0 heterocycles. The van der Waals surface area contributed by atoms with E-state index >= 15 is 0 Å². The topological polar surface area (TPSA) is 15.3 Å². The SMILES string of the molecule is CCCNC1CC(C)CC(C)C1CN(C)C(C)CCC. The summed E-state index contributed by atoms with van der Waals surface area (Å²) in [5.41, 5.74) is 0. The molecule has 0 amide bonds. The normalized spacial score (nSPS) is 32.5. The van der Waals surface area contributed by atoms with Gasteiger partial charge in [-0.25, -0.2) is 0 Å². The van der Waals surface area contributed by atoms with Crippen molar-refractivity contribution in [3.05, 3.63) is 0 Å². The van der Waals surface area contributed by atoms with Crippen molar-refractivity contribution in [2.45, 2.75) is 78.8 Å². The van der Waals surface area contributed by atoms with Crippen LogP contribution in [0.25, 0.3) is 0 Å². The van der Waals surface area contributed by atoms with E-state index < -0.39 is 0 Å². The van der Waals surface area contributed by atoms with Crippen LogP contribution in [0.3, 0.4) is 0 Å². The summed E-state index contributed by atoms with van der Waals surface area (Å²) < 4.78 is 0.